The first-order valence-electron chi connectivity index (χ1n) is 6.45. The second-order valence-corrected chi connectivity index (χ2v) is 6.39. The summed E-state index contributed by atoms with van der Waals surface area (Å²) in [6.07, 6.45) is 5.25. The zero-order valence-corrected chi connectivity index (χ0v) is 14.8. The molecular formula is C17H15Br2NO. The van der Waals surface area contributed by atoms with Crippen LogP contribution in [0.1, 0.15) is 11.1 Å². The first-order chi connectivity index (χ1) is 10.1. The maximum absolute atomic E-state index is 5.58. The SMILES string of the molecule is C#CCOc1ccc(Br)cc1CNc1cc(Br)ccc1C. The van der Waals surface area contributed by atoms with Crippen molar-refractivity contribution in [2.45, 2.75) is 13.5 Å². The lowest BCUT2D eigenvalue weighted by Crippen LogP contribution is -2.04. The van der Waals surface area contributed by atoms with E-state index in [4.69, 9.17) is 11.2 Å². The number of halogens is 2. The number of terminal acetylenes is 1. The van der Waals surface area contributed by atoms with E-state index >= 15 is 0 Å². The van der Waals surface area contributed by atoms with Gasteiger partial charge in [-0.1, -0.05) is 43.8 Å². The lowest BCUT2D eigenvalue weighted by molar-refractivity contribution is 0.366. The molecule has 0 saturated carbocycles. The van der Waals surface area contributed by atoms with Crippen LogP contribution in [0.25, 0.3) is 0 Å². The predicted molar refractivity (Wildman–Crippen MR) is 94.7 cm³/mol. The molecule has 0 aliphatic rings. The average molecular weight is 409 g/mol. The third kappa shape index (κ3) is 4.52. The molecule has 0 amide bonds. The van der Waals surface area contributed by atoms with E-state index in [-0.39, 0.29) is 6.61 Å². The van der Waals surface area contributed by atoms with Crippen molar-refractivity contribution >= 4 is 37.5 Å². The summed E-state index contributed by atoms with van der Waals surface area (Å²) in [6.45, 7) is 3.01. The number of benzene rings is 2. The highest BCUT2D eigenvalue weighted by molar-refractivity contribution is 9.10. The zero-order valence-electron chi connectivity index (χ0n) is 11.6. The van der Waals surface area contributed by atoms with Gasteiger partial charge in [0.05, 0.1) is 0 Å². The van der Waals surface area contributed by atoms with Crippen LogP contribution in [0, 0.1) is 19.3 Å². The van der Waals surface area contributed by atoms with Gasteiger partial charge in [-0.25, -0.2) is 0 Å². The van der Waals surface area contributed by atoms with Gasteiger partial charge in [0.1, 0.15) is 12.4 Å². The molecule has 2 aromatic carbocycles. The van der Waals surface area contributed by atoms with Gasteiger partial charge in [-0.05, 0) is 42.8 Å². The van der Waals surface area contributed by atoms with Crippen molar-refractivity contribution in [3.05, 3.63) is 56.5 Å². The summed E-state index contributed by atoms with van der Waals surface area (Å²) >= 11 is 6.97. The van der Waals surface area contributed by atoms with Gasteiger partial charge < -0.3 is 10.1 Å². The minimum atomic E-state index is 0.268. The highest BCUT2D eigenvalue weighted by atomic mass is 79.9. The number of hydrogen-bond acceptors (Lipinski definition) is 2. The van der Waals surface area contributed by atoms with Crippen LogP contribution in [0.3, 0.4) is 0 Å². The van der Waals surface area contributed by atoms with E-state index in [1.807, 2.05) is 24.3 Å². The van der Waals surface area contributed by atoms with Crippen LogP contribution in [-0.4, -0.2) is 6.61 Å². The fourth-order valence-electron chi connectivity index (χ4n) is 1.92. The summed E-state index contributed by atoms with van der Waals surface area (Å²) in [4.78, 5) is 0. The third-order valence-corrected chi connectivity index (χ3v) is 3.99. The van der Waals surface area contributed by atoms with Crippen LogP contribution in [0.2, 0.25) is 0 Å². The Hall–Kier alpha value is -1.44. The third-order valence-electron chi connectivity index (χ3n) is 3.00. The van der Waals surface area contributed by atoms with Gasteiger partial charge in [-0.2, -0.15) is 0 Å². The molecule has 2 nitrogen and oxygen atoms in total. The molecule has 2 aromatic rings. The van der Waals surface area contributed by atoms with Crippen molar-refractivity contribution < 1.29 is 4.74 Å². The Balaban J connectivity index is 2.17. The number of aryl methyl sites for hydroxylation is 1. The van der Waals surface area contributed by atoms with Crippen LogP contribution in [0.15, 0.2) is 45.3 Å². The van der Waals surface area contributed by atoms with Gasteiger partial charge in [0, 0.05) is 26.7 Å². The van der Waals surface area contributed by atoms with E-state index in [2.05, 4.69) is 62.2 Å². The number of hydrogen-bond donors (Lipinski definition) is 1. The topological polar surface area (TPSA) is 21.3 Å². The molecule has 0 heterocycles. The number of rotatable bonds is 5. The predicted octanol–water partition coefficient (Wildman–Crippen LogP) is 5.14. The second kappa shape index (κ2) is 7.53. The normalized spacial score (nSPS) is 10.0. The first kappa shape index (κ1) is 15.9. The Bertz CT molecular complexity index is 677. The van der Waals surface area contributed by atoms with Gasteiger partial charge in [0.2, 0.25) is 0 Å². The summed E-state index contributed by atoms with van der Waals surface area (Å²) < 4.78 is 7.64. The molecule has 108 valence electrons. The molecule has 0 radical (unpaired) electrons. The van der Waals surface area contributed by atoms with Crippen LogP contribution in [0.5, 0.6) is 5.75 Å². The average Bonchev–Trinajstić information content (AvgIpc) is 2.47. The Kier molecular flexibility index (Phi) is 5.72. The summed E-state index contributed by atoms with van der Waals surface area (Å²) in [5, 5.41) is 3.43. The van der Waals surface area contributed by atoms with Crippen molar-refractivity contribution in [2.75, 3.05) is 11.9 Å². The van der Waals surface area contributed by atoms with Crippen LogP contribution >= 0.6 is 31.9 Å². The monoisotopic (exact) mass is 407 g/mol. The molecule has 0 bridgehead atoms. The standard InChI is InChI=1S/C17H15Br2NO/c1-3-8-21-17-7-6-14(18)9-13(17)11-20-16-10-15(19)5-4-12(16)2/h1,4-7,9-10,20H,8,11H2,2H3. The van der Waals surface area contributed by atoms with E-state index < -0.39 is 0 Å². The van der Waals surface area contributed by atoms with E-state index in [1.54, 1.807) is 0 Å². The Morgan fingerprint density at radius 3 is 2.62 bits per heavy atom. The molecule has 0 fully saturated rings. The van der Waals surface area contributed by atoms with Crippen molar-refractivity contribution in [1.29, 1.82) is 0 Å². The van der Waals surface area contributed by atoms with Gasteiger partial charge in [0.25, 0.3) is 0 Å². The van der Waals surface area contributed by atoms with Crippen molar-refractivity contribution in [3.63, 3.8) is 0 Å². The fourth-order valence-corrected chi connectivity index (χ4v) is 2.69. The van der Waals surface area contributed by atoms with E-state index in [0.29, 0.717) is 6.54 Å². The number of ether oxygens (including phenoxy) is 1. The van der Waals surface area contributed by atoms with E-state index in [1.165, 1.54) is 5.56 Å². The molecule has 0 saturated heterocycles. The molecule has 0 aliphatic heterocycles. The second-order valence-electron chi connectivity index (χ2n) is 4.56. The highest BCUT2D eigenvalue weighted by Gasteiger charge is 2.06. The van der Waals surface area contributed by atoms with Gasteiger partial charge >= 0.3 is 0 Å². The Labute approximate surface area is 142 Å². The Morgan fingerprint density at radius 2 is 1.86 bits per heavy atom. The molecular weight excluding hydrogens is 394 g/mol. The summed E-state index contributed by atoms with van der Waals surface area (Å²) in [5.74, 6) is 3.29. The first-order valence-corrected chi connectivity index (χ1v) is 8.03. The quantitative estimate of drug-likeness (QED) is 0.691. The molecule has 0 aliphatic carbocycles. The summed E-state index contributed by atoms with van der Waals surface area (Å²) in [7, 11) is 0. The Morgan fingerprint density at radius 1 is 1.14 bits per heavy atom. The minimum Gasteiger partial charge on any atom is -0.481 e. The fraction of sp³-hybridized carbons (Fsp3) is 0.176. The van der Waals surface area contributed by atoms with Crippen molar-refractivity contribution in [2.24, 2.45) is 0 Å². The highest BCUT2D eigenvalue weighted by Crippen LogP contribution is 2.26. The molecule has 0 aromatic heterocycles. The number of anilines is 1. The van der Waals surface area contributed by atoms with E-state index in [0.717, 1.165) is 25.9 Å². The molecule has 4 heteroatoms. The smallest absolute Gasteiger partial charge is 0.148 e. The molecule has 0 unspecified atom stereocenters. The van der Waals surface area contributed by atoms with Crippen LogP contribution in [-0.2, 0) is 6.54 Å². The lowest BCUT2D eigenvalue weighted by Gasteiger charge is -2.14. The van der Waals surface area contributed by atoms with Crippen LogP contribution < -0.4 is 10.1 Å². The number of nitrogens with one attached hydrogen (secondary N) is 1. The maximum Gasteiger partial charge on any atom is 0.148 e. The maximum atomic E-state index is 5.58. The zero-order chi connectivity index (χ0) is 15.2. The largest absolute Gasteiger partial charge is 0.481 e. The molecule has 21 heavy (non-hydrogen) atoms. The summed E-state index contributed by atoms with van der Waals surface area (Å²) in [6, 6.07) is 12.1. The molecule has 0 atom stereocenters. The van der Waals surface area contributed by atoms with Gasteiger partial charge in [-0.15, -0.1) is 6.42 Å². The molecule has 0 spiro atoms. The van der Waals surface area contributed by atoms with Gasteiger partial charge in [-0.3, -0.25) is 0 Å². The minimum absolute atomic E-state index is 0.268. The van der Waals surface area contributed by atoms with Gasteiger partial charge in [0.15, 0.2) is 0 Å². The van der Waals surface area contributed by atoms with E-state index in [9.17, 15) is 0 Å². The van der Waals surface area contributed by atoms with Crippen molar-refractivity contribution in [1.82, 2.24) is 0 Å². The van der Waals surface area contributed by atoms with Crippen LogP contribution in [0.4, 0.5) is 5.69 Å². The summed E-state index contributed by atoms with van der Waals surface area (Å²) in [5.41, 5.74) is 3.34. The molecule has 2 rings (SSSR count). The molecule has 1 N–H and O–H groups in total. The van der Waals surface area contributed by atoms with Crippen molar-refractivity contribution in [3.8, 4) is 18.1 Å². The lowest BCUT2D eigenvalue weighted by atomic mass is 10.1.